The van der Waals surface area contributed by atoms with E-state index in [4.69, 9.17) is 5.73 Å². The molecule has 0 saturated carbocycles. The number of aryl methyl sites for hydroxylation is 2. The molecule has 2 aromatic rings. The second-order valence-electron chi connectivity index (χ2n) is 3.79. The summed E-state index contributed by atoms with van der Waals surface area (Å²) >= 11 is 0. The third-order valence-electron chi connectivity index (χ3n) is 2.96. The van der Waals surface area contributed by atoms with Crippen LogP contribution >= 0.6 is 0 Å². The lowest BCUT2D eigenvalue weighted by molar-refractivity contribution is 0.865. The molecule has 2 heterocycles. The Morgan fingerprint density at radius 1 is 1.43 bits per heavy atom. The van der Waals surface area contributed by atoms with E-state index >= 15 is 0 Å². The molecular formula is C11H13N3. The van der Waals surface area contributed by atoms with Crippen LogP contribution in [0.15, 0.2) is 18.3 Å². The average molecular weight is 187 g/mol. The molecule has 1 aliphatic carbocycles. The molecule has 0 bridgehead atoms. The smallest absolute Gasteiger partial charge is 0.141 e. The molecule has 14 heavy (non-hydrogen) atoms. The van der Waals surface area contributed by atoms with Gasteiger partial charge in [-0.2, -0.15) is 0 Å². The SMILES string of the molecule is NCc1cccn2c3c(nc12)CCC3. The summed E-state index contributed by atoms with van der Waals surface area (Å²) in [6.45, 7) is 0.570. The quantitative estimate of drug-likeness (QED) is 0.730. The molecule has 72 valence electrons. The van der Waals surface area contributed by atoms with Gasteiger partial charge in [-0.25, -0.2) is 4.98 Å². The highest BCUT2D eigenvalue weighted by Gasteiger charge is 2.18. The number of imidazole rings is 1. The highest BCUT2D eigenvalue weighted by atomic mass is 15.0. The molecule has 1 aliphatic rings. The van der Waals surface area contributed by atoms with Crippen LogP contribution in [0.4, 0.5) is 0 Å². The normalized spacial score (nSPS) is 14.9. The van der Waals surface area contributed by atoms with Gasteiger partial charge in [0.2, 0.25) is 0 Å². The van der Waals surface area contributed by atoms with Crippen molar-refractivity contribution in [1.82, 2.24) is 9.38 Å². The van der Waals surface area contributed by atoms with Crippen molar-refractivity contribution in [2.45, 2.75) is 25.8 Å². The van der Waals surface area contributed by atoms with E-state index in [1.807, 2.05) is 0 Å². The van der Waals surface area contributed by atoms with Crippen molar-refractivity contribution in [3.05, 3.63) is 35.3 Å². The second kappa shape index (κ2) is 2.82. The predicted octanol–water partition coefficient (Wildman–Crippen LogP) is 1.28. The molecular weight excluding hydrogens is 174 g/mol. The minimum Gasteiger partial charge on any atom is -0.326 e. The Morgan fingerprint density at radius 3 is 3.21 bits per heavy atom. The molecule has 2 aromatic heterocycles. The van der Waals surface area contributed by atoms with Gasteiger partial charge in [0.15, 0.2) is 0 Å². The number of hydrogen-bond acceptors (Lipinski definition) is 2. The lowest BCUT2D eigenvalue weighted by Crippen LogP contribution is -2.00. The number of fused-ring (bicyclic) bond motifs is 3. The van der Waals surface area contributed by atoms with E-state index in [1.165, 1.54) is 17.8 Å². The van der Waals surface area contributed by atoms with E-state index in [0.717, 1.165) is 24.1 Å². The van der Waals surface area contributed by atoms with Crippen LogP contribution in [0.1, 0.15) is 23.4 Å². The van der Waals surface area contributed by atoms with Crippen LogP contribution in [-0.4, -0.2) is 9.38 Å². The zero-order chi connectivity index (χ0) is 9.54. The summed E-state index contributed by atoms with van der Waals surface area (Å²) in [5, 5.41) is 0. The summed E-state index contributed by atoms with van der Waals surface area (Å²) in [5.41, 5.74) is 10.5. The van der Waals surface area contributed by atoms with Crippen LogP contribution in [0.5, 0.6) is 0 Å². The Labute approximate surface area is 82.6 Å². The summed E-state index contributed by atoms with van der Waals surface area (Å²) in [6, 6.07) is 4.10. The van der Waals surface area contributed by atoms with Gasteiger partial charge < -0.3 is 10.1 Å². The van der Waals surface area contributed by atoms with E-state index in [9.17, 15) is 0 Å². The standard InChI is InChI=1S/C11H13N3/c12-7-8-3-2-6-14-10-5-1-4-9(10)13-11(8)14/h2-3,6H,1,4-5,7,12H2. The molecule has 3 nitrogen and oxygen atoms in total. The van der Waals surface area contributed by atoms with E-state index in [1.54, 1.807) is 0 Å². The van der Waals surface area contributed by atoms with Crippen molar-refractivity contribution >= 4 is 5.65 Å². The van der Waals surface area contributed by atoms with Gasteiger partial charge in [-0.1, -0.05) is 6.07 Å². The monoisotopic (exact) mass is 187 g/mol. The maximum atomic E-state index is 5.68. The summed E-state index contributed by atoms with van der Waals surface area (Å²) < 4.78 is 2.20. The van der Waals surface area contributed by atoms with Crippen LogP contribution in [0.2, 0.25) is 0 Å². The lowest BCUT2D eigenvalue weighted by Gasteiger charge is -2.01. The van der Waals surface area contributed by atoms with Crippen LogP contribution in [0.3, 0.4) is 0 Å². The summed E-state index contributed by atoms with van der Waals surface area (Å²) in [4.78, 5) is 4.65. The molecule has 0 amide bonds. The van der Waals surface area contributed by atoms with Gasteiger partial charge in [0.1, 0.15) is 5.65 Å². The molecule has 0 aromatic carbocycles. The Balaban J connectivity index is 2.36. The third kappa shape index (κ3) is 0.930. The first-order valence-corrected chi connectivity index (χ1v) is 5.08. The fraction of sp³-hybridized carbons (Fsp3) is 0.364. The molecule has 0 fully saturated rings. The summed E-state index contributed by atoms with van der Waals surface area (Å²) in [5.74, 6) is 0. The Morgan fingerprint density at radius 2 is 2.36 bits per heavy atom. The van der Waals surface area contributed by atoms with E-state index in [-0.39, 0.29) is 0 Å². The van der Waals surface area contributed by atoms with Gasteiger partial charge >= 0.3 is 0 Å². The minimum absolute atomic E-state index is 0.570. The number of pyridine rings is 1. The first kappa shape index (κ1) is 8.00. The fourth-order valence-corrected chi connectivity index (χ4v) is 2.27. The fourth-order valence-electron chi connectivity index (χ4n) is 2.27. The Kier molecular flexibility index (Phi) is 1.61. The van der Waals surface area contributed by atoms with Crippen molar-refractivity contribution in [3.63, 3.8) is 0 Å². The largest absolute Gasteiger partial charge is 0.326 e. The van der Waals surface area contributed by atoms with Crippen molar-refractivity contribution in [1.29, 1.82) is 0 Å². The topological polar surface area (TPSA) is 43.3 Å². The van der Waals surface area contributed by atoms with Crippen LogP contribution < -0.4 is 5.73 Å². The van der Waals surface area contributed by atoms with Crippen molar-refractivity contribution in [2.24, 2.45) is 5.73 Å². The summed E-state index contributed by atoms with van der Waals surface area (Å²) in [7, 11) is 0. The molecule has 0 unspecified atom stereocenters. The highest BCUT2D eigenvalue weighted by Crippen LogP contribution is 2.24. The van der Waals surface area contributed by atoms with E-state index < -0.39 is 0 Å². The molecule has 2 N–H and O–H groups in total. The van der Waals surface area contributed by atoms with Gasteiger partial charge in [-0.05, 0) is 25.3 Å². The molecule has 0 atom stereocenters. The zero-order valence-corrected chi connectivity index (χ0v) is 8.03. The first-order valence-electron chi connectivity index (χ1n) is 5.08. The number of aromatic nitrogens is 2. The van der Waals surface area contributed by atoms with Gasteiger partial charge in [0.05, 0.1) is 5.69 Å². The average Bonchev–Trinajstić information content (AvgIpc) is 2.76. The van der Waals surface area contributed by atoms with E-state index in [0.29, 0.717) is 6.54 Å². The van der Waals surface area contributed by atoms with Gasteiger partial charge in [-0.3, -0.25) is 0 Å². The van der Waals surface area contributed by atoms with E-state index in [2.05, 4.69) is 27.7 Å². The Hall–Kier alpha value is -1.35. The maximum absolute atomic E-state index is 5.68. The number of nitrogens with two attached hydrogens (primary N) is 1. The van der Waals surface area contributed by atoms with Gasteiger partial charge in [0.25, 0.3) is 0 Å². The molecule has 3 rings (SSSR count). The predicted molar refractivity (Wildman–Crippen MR) is 55.1 cm³/mol. The van der Waals surface area contributed by atoms with Crippen molar-refractivity contribution in [3.8, 4) is 0 Å². The lowest BCUT2D eigenvalue weighted by atomic mass is 10.2. The van der Waals surface area contributed by atoms with Crippen LogP contribution in [0, 0.1) is 0 Å². The van der Waals surface area contributed by atoms with Gasteiger partial charge in [-0.15, -0.1) is 0 Å². The third-order valence-corrected chi connectivity index (χ3v) is 2.96. The van der Waals surface area contributed by atoms with Crippen molar-refractivity contribution < 1.29 is 0 Å². The van der Waals surface area contributed by atoms with Gasteiger partial charge in [0, 0.05) is 24.0 Å². The molecule has 0 radical (unpaired) electrons. The molecule has 0 aliphatic heterocycles. The first-order chi connectivity index (χ1) is 6.90. The molecule has 0 saturated heterocycles. The van der Waals surface area contributed by atoms with Crippen LogP contribution in [0.25, 0.3) is 5.65 Å². The highest BCUT2D eigenvalue weighted by molar-refractivity contribution is 5.51. The Bertz CT molecular complexity index is 484. The number of hydrogen-bond donors (Lipinski definition) is 1. The number of rotatable bonds is 1. The maximum Gasteiger partial charge on any atom is 0.141 e. The second-order valence-corrected chi connectivity index (χ2v) is 3.79. The van der Waals surface area contributed by atoms with Crippen LogP contribution in [-0.2, 0) is 19.4 Å². The number of nitrogens with zero attached hydrogens (tertiary/aromatic N) is 2. The van der Waals surface area contributed by atoms with Crippen molar-refractivity contribution in [2.75, 3.05) is 0 Å². The molecule has 3 heteroatoms. The minimum atomic E-state index is 0.570. The zero-order valence-electron chi connectivity index (χ0n) is 8.03. The molecule has 0 spiro atoms. The summed E-state index contributed by atoms with van der Waals surface area (Å²) in [6.07, 6.45) is 5.62.